The van der Waals surface area contributed by atoms with E-state index in [4.69, 9.17) is 28.9 Å². The van der Waals surface area contributed by atoms with E-state index >= 15 is 0 Å². The highest BCUT2D eigenvalue weighted by Gasteiger charge is 2.41. The van der Waals surface area contributed by atoms with Crippen LogP contribution in [0.2, 0.25) is 0 Å². The Balaban J connectivity index is 1.77. The summed E-state index contributed by atoms with van der Waals surface area (Å²) < 4.78 is 61.6. The van der Waals surface area contributed by atoms with Crippen molar-refractivity contribution in [3.8, 4) is 0 Å². The highest BCUT2D eigenvalue weighted by molar-refractivity contribution is 8.00. The average molecular weight is 698 g/mol. The van der Waals surface area contributed by atoms with E-state index in [2.05, 4.69) is 28.8 Å². The molecule has 1 saturated heterocycles. The van der Waals surface area contributed by atoms with Crippen LogP contribution in [-0.2, 0) is 55.4 Å². The summed E-state index contributed by atoms with van der Waals surface area (Å²) in [6.45, 7) is -0.684. The number of hydrogen-bond donors (Lipinski definition) is 6. The Kier molecular flexibility index (Phi) is 14.6. The fraction of sp³-hybridized carbons (Fsp3) is 0.611. The van der Waals surface area contributed by atoms with Crippen LogP contribution in [0.4, 0.5) is 5.82 Å². The molecule has 2 rings (SSSR count). The van der Waals surface area contributed by atoms with E-state index in [0.29, 0.717) is 13.0 Å². The number of hydrogen-bond acceptors (Lipinski definition) is 16. The van der Waals surface area contributed by atoms with E-state index in [1.807, 2.05) is 0 Å². The lowest BCUT2D eigenvalue weighted by molar-refractivity contribution is -0.167. The van der Waals surface area contributed by atoms with Crippen molar-refractivity contribution in [2.45, 2.75) is 37.3 Å². The SMILES string of the molecule is CNCCCC(=O)OCOC(=O)CCC(=O)Nc1ccn([C@@H]2CS[C@H](COP(=O)(O)OP(=O)(O)OP(=O)(O)O)O2)c(=O)n1. The molecule has 0 aliphatic carbocycles. The number of thioether (sulfide) groups is 1. The van der Waals surface area contributed by atoms with Gasteiger partial charge in [-0.05, 0) is 26.1 Å². The molecule has 4 atom stereocenters. The number of nitrogens with zero attached hydrogens (tertiary/aromatic N) is 2. The number of carbonyl (C=O) groups excluding carboxylic acids is 3. The average Bonchev–Trinajstić information content (AvgIpc) is 3.33. The number of anilines is 1. The third kappa shape index (κ3) is 15.0. The number of esters is 2. The molecule has 244 valence electrons. The second kappa shape index (κ2) is 16.9. The van der Waals surface area contributed by atoms with Crippen LogP contribution in [0, 0.1) is 0 Å². The molecule has 43 heavy (non-hydrogen) atoms. The summed E-state index contributed by atoms with van der Waals surface area (Å²) >= 11 is 1.00. The fourth-order valence-corrected chi connectivity index (χ4v) is 7.08. The molecule has 2 heterocycles. The monoisotopic (exact) mass is 698 g/mol. The minimum absolute atomic E-state index is 0.116. The number of amides is 1. The van der Waals surface area contributed by atoms with Crippen molar-refractivity contribution in [1.29, 1.82) is 0 Å². The van der Waals surface area contributed by atoms with E-state index in [9.17, 15) is 37.8 Å². The van der Waals surface area contributed by atoms with Crippen LogP contribution in [0.25, 0.3) is 0 Å². The normalized spacial score (nSPS) is 19.7. The van der Waals surface area contributed by atoms with Gasteiger partial charge in [0.15, 0.2) is 0 Å². The maximum atomic E-state index is 12.4. The number of aromatic nitrogens is 2. The summed E-state index contributed by atoms with van der Waals surface area (Å²) in [6, 6.07) is 1.26. The molecule has 0 saturated carbocycles. The van der Waals surface area contributed by atoms with Crippen LogP contribution < -0.4 is 16.3 Å². The van der Waals surface area contributed by atoms with Gasteiger partial charge in [-0.2, -0.15) is 13.6 Å². The zero-order chi connectivity index (χ0) is 32.3. The van der Waals surface area contributed by atoms with Gasteiger partial charge in [0.2, 0.25) is 12.7 Å². The van der Waals surface area contributed by atoms with Gasteiger partial charge in [0, 0.05) is 24.8 Å². The van der Waals surface area contributed by atoms with Gasteiger partial charge < -0.3 is 44.4 Å². The van der Waals surface area contributed by atoms with Gasteiger partial charge in [-0.25, -0.2) is 18.5 Å². The number of phosphoric acid groups is 3. The van der Waals surface area contributed by atoms with Crippen molar-refractivity contribution in [3.63, 3.8) is 0 Å². The van der Waals surface area contributed by atoms with Crippen molar-refractivity contribution >= 4 is 58.9 Å². The van der Waals surface area contributed by atoms with Gasteiger partial charge >= 0.3 is 41.1 Å². The van der Waals surface area contributed by atoms with Gasteiger partial charge in [-0.1, -0.05) is 0 Å². The molecule has 1 fully saturated rings. The van der Waals surface area contributed by atoms with Crippen LogP contribution in [0.5, 0.6) is 0 Å². The molecule has 0 spiro atoms. The van der Waals surface area contributed by atoms with Crippen molar-refractivity contribution in [2.24, 2.45) is 0 Å². The molecule has 1 amide bonds. The van der Waals surface area contributed by atoms with Crippen molar-refractivity contribution in [1.82, 2.24) is 14.9 Å². The standard InChI is InChI=1S/C18H29N4O17P3S/c1-19-7-2-3-15(24)34-11-35-16(25)5-4-13(23)20-12-6-8-22(18(26)21-12)14-10-43-17(37-14)9-36-41(30,31)39-42(32,33)38-40(27,28)29/h6,8,14,17,19H,2-5,7,9-11H2,1H3,(H,30,31)(H,32,33)(H2,27,28,29)(H,20,21,23,26)/t14-,17+/m0/s1. The fourth-order valence-electron chi connectivity index (χ4n) is 2.97. The predicted molar refractivity (Wildman–Crippen MR) is 143 cm³/mol. The lowest BCUT2D eigenvalue weighted by Gasteiger charge is -2.18. The zero-order valence-corrected chi connectivity index (χ0v) is 25.7. The Morgan fingerprint density at radius 3 is 2.37 bits per heavy atom. The van der Waals surface area contributed by atoms with Crippen LogP contribution in [0.3, 0.4) is 0 Å². The molecule has 2 unspecified atom stereocenters. The van der Waals surface area contributed by atoms with E-state index in [1.54, 1.807) is 7.05 Å². The van der Waals surface area contributed by atoms with E-state index in [-0.39, 0.29) is 30.8 Å². The molecule has 6 N–H and O–H groups in total. The summed E-state index contributed by atoms with van der Waals surface area (Å²) in [7, 11) is -14.8. The van der Waals surface area contributed by atoms with E-state index in [0.717, 1.165) is 16.3 Å². The summed E-state index contributed by atoms with van der Waals surface area (Å²) in [4.78, 5) is 87.2. The van der Waals surface area contributed by atoms with Crippen molar-refractivity contribution < 1.29 is 75.0 Å². The van der Waals surface area contributed by atoms with Crippen LogP contribution in [0.1, 0.15) is 31.9 Å². The molecule has 0 bridgehead atoms. The van der Waals surface area contributed by atoms with Crippen LogP contribution in [0.15, 0.2) is 17.1 Å². The number of ether oxygens (including phenoxy) is 3. The lowest BCUT2D eigenvalue weighted by Crippen LogP contribution is -2.29. The molecule has 0 aromatic carbocycles. The first-order valence-corrected chi connectivity index (χ1v) is 17.5. The smallest absolute Gasteiger partial charge is 0.428 e. The predicted octanol–water partition coefficient (Wildman–Crippen LogP) is -0.0631. The molecule has 1 aromatic heterocycles. The molecule has 1 aliphatic heterocycles. The Bertz CT molecular complexity index is 1340. The quantitative estimate of drug-likeness (QED) is 0.0506. The Labute approximate surface area is 247 Å². The molecule has 0 radical (unpaired) electrons. The van der Waals surface area contributed by atoms with Crippen molar-refractivity contribution in [2.75, 3.05) is 38.1 Å². The molecule has 21 nitrogen and oxygen atoms in total. The number of rotatable bonds is 18. The van der Waals surface area contributed by atoms with Gasteiger partial charge in [0.05, 0.1) is 13.0 Å². The highest BCUT2D eigenvalue weighted by Crippen LogP contribution is 2.66. The summed E-state index contributed by atoms with van der Waals surface area (Å²) in [5.74, 6) is -2.01. The van der Waals surface area contributed by atoms with Gasteiger partial charge in [0.1, 0.15) is 17.5 Å². The second-order valence-electron chi connectivity index (χ2n) is 8.15. The maximum absolute atomic E-state index is 12.4. The van der Waals surface area contributed by atoms with Gasteiger partial charge in [-0.15, -0.1) is 11.8 Å². The number of nitrogens with one attached hydrogen (secondary N) is 2. The minimum Gasteiger partial charge on any atom is -0.428 e. The van der Waals surface area contributed by atoms with Gasteiger partial charge in [-0.3, -0.25) is 23.5 Å². The first-order valence-electron chi connectivity index (χ1n) is 11.9. The third-order valence-electron chi connectivity index (χ3n) is 4.73. The topological polar surface area (TPSA) is 298 Å². The lowest BCUT2D eigenvalue weighted by atomic mass is 10.3. The summed E-state index contributed by atoms with van der Waals surface area (Å²) in [6.07, 6.45) is 0.329. The van der Waals surface area contributed by atoms with E-state index in [1.165, 1.54) is 12.3 Å². The zero-order valence-electron chi connectivity index (χ0n) is 22.2. The van der Waals surface area contributed by atoms with Crippen LogP contribution >= 0.6 is 35.2 Å². The first kappa shape index (κ1) is 37.2. The number of phosphoric ester groups is 1. The van der Waals surface area contributed by atoms with Crippen molar-refractivity contribution in [3.05, 3.63) is 22.7 Å². The Morgan fingerprint density at radius 1 is 1.07 bits per heavy atom. The molecule has 1 aromatic rings. The first-order chi connectivity index (χ1) is 20.0. The third-order valence-corrected chi connectivity index (χ3v) is 9.63. The maximum Gasteiger partial charge on any atom is 0.490 e. The highest BCUT2D eigenvalue weighted by atomic mass is 32.2. The Morgan fingerprint density at radius 2 is 1.74 bits per heavy atom. The minimum atomic E-state index is -5.67. The Hall–Kier alpha value is -2.03. The number of carbonyl (C=O) groups is 3. The molecular formula is C18H29N4O17P3S. The van der Waals surface area contributed by atoms with Gasteiger partial charge in [0.25, 0.3) is 0 Å². The molecular weight excluding hydrogens is 669 g/mol. The van der Waals surface area contributed by atoms with E-state index < -0.39 is 72.1 Å². The molecule has 1 aliphatic rings. The largest absolute Gasteiger partial charge is 0.490 e. The molecule has 25 heteroatoms. The summed E-state index contributed by atoms with van der Waals surface area (Å²) in [5, 5.41) is 5.20. The van der Waals surface area contributed by atoms with Crippen LogP contribution in [-0.4, -0.2) is 85.2 Å². The summed E-state index contributed by atoms with van der Waals surface area (Å²) in [5.41, 5.74) is -1.85. The second-order valence-corrected chi connectivity index (χ2v) is 13.8.